The summed E-state index contributed by atoms with van der Waals surface area (Å²) in [5.74, 6) is -0.589. The summed E-state index contributed by atoms with van der Waals surface area (Å²) in [7, 11) is -1.98. The van der Waals surface area contributed by atoms with Gasteiger partial charge in [-0.3, -0.25) is 4.79 Å². The standard InChI is InChI=1S/C17H21ClN4O3S/c1-12-8-14(18)5-6-15(12)20-17(23)13-4-3-7-22(9-13)26(24,25)16-10-21(2)11-19-16/h5-6,8,10-11,13H,3-4,7,9H2,1-2H3,(H,20,23). The molecule has 1 unspecified atom stereocenters. The van der Waals surface area contributed by atoms with Crippen LogP contribution in [0.25, 0.3) is 0 Å². The van der Waals surface area contributed by atoms with E-state index in [-0.39, 0.29) is 17.5 Å². The van der Waals surface area contributed by atoms with Crippen molar-refractivity contribution < 1.29 is 13.2 Å². The number of hydrogen-bond acceptors (Lipinski definition) is 4. The number of hydrogen-bond donors (Lipinski definition) is 1. The molecule has 0 bridgehead atoms. The molecule has 26 heavy (non-hydrogen) atoms. The van der Waals surface area contributed by atoms with E-state index in [2.05, 4.69) is 10.3 Å². The number of rotatable bonds is 4. The Bertz CT molecular complexity index is 926. The number of nitrogens with one attached hydrogen (secondary N) is 1. The van der Waals surface area contributed by atoms with Crippen molar-refractivity contribution in [3.05, 3.63) is 41.3 Å². The van der Waals surface area contributed by atoms with Crippen LogP contribution in [0.2, 0.25) is 5.02 Å². The van der Waals surface area contributed by atoms with Crippen LogP contribution in [0, 0.1) is 12.8 Å². The Morgan fingerprint density at radius 3 is 2.81 bits per heavy atom. The van der Waals surface area contributed by atoms with Gasteiger partial charge in [0, 0.05) is 37.0 Å². The molecule has 1 aromatic carbocycles. The molecule has 2 aromatic rings. The number of carbonyl (C=O) groups is 1. The number of benzene rings is 1. The molecule has 1 aliphatic rings. The molecule has 0 spiro atoms. The highest BCUT2D eigenvalue weighted by Gasteiger charge is 2.34. The summed E-state index contributed by atoms with van der Waals surface area (Å²) in [6.45, 7) is 2.40. The maximum Gasteiger partial charge on any atom is 0.262 e. The fourth-order valence-corrected chi connectivity index (χ4v) is 4.75. The normalized spacial score (nSPS) is 18.7. The molecule has 140 valence electrons. The van der Waals surface area contributed by atoms with Crippen LogP contribution < -0.4 is 5.32 Å². The lowest BCUT2D eigenvalue weighted by Gasteiger charge is -2.30. The van der Waals surface area contributed by atoms with Crippen LogP contribution in [0.1, 0.15) is 18.4 Å². The zero-order chi connectivity index (χ0) is 18.9. The van der Waals surface area contributed by atoms with Gasteiger partial charge in [0.2, 0.25) is 5.91 Å². The highest BCUT2D eigenvalue weighted by Crippen LogP contribution is 2.25. The van der Waals surface area contributed by atoms with E-state index in [4.69, 9.17) is 11.6 Å². The van der Waals surface area contributed by atoms with Crippen molar-refractivity contribution in [1.82, 2.24) is 13.9 Å². The van der Waals surface area contributed by atoms with Gasteiger partial charge in [-0.25, -0.2) is 13.4 Å². The molecule has 1 atom stereocenters. The number of aryl methyl sites for hydroxylation is 2. The predicted octanol–water partition coefficient (Wildman–Crippen LogP) is 2.42. The molecule has 1 aliphatic heterocycles. The maximum absolute atomic E-state index is 12.7. The van der Waals surface area contributed by atoms with Gasteiger partial charge in [-0.05, 0) is 43.5 Å². The van der Waals surface area contributed by atoms with Gasteiger partial charge >= 0.3 is 0 Å². The number of nitrogens with zero attached hydrogens (tertiary/aromatic N) is 3. The topological polar surface area (TPSA) is 84.3 Å². The molecule has 2 heterocycles. The van der Waals surface area contributed by atoms with Gasteiger partial charge in [-0.15, -0.1) is 0 Å². The van der Waals surface area contributed by atoms with Crippen LogP contribution in [-0.4, -0.2) is 41.3 Å². The Hall–Kier alpha value is -1.90. The van der Waals surface area contributed by atoms with Gasteiger partial charge in [0.05, 0.1) is 12.2 Å². The minimum Gasteiger partial charge on any atom is -0.339 e. The van der Waals surface area contributed by atoms with Crippen molar-refractivity contribution in [2.45, 2.75) is 24.8 Å². The monoisotopic (exact) mass is 396 g/mol. The second-order valence-corrected chi connectivity index (χ2v) is 8.85. The van der Waals surface area contributed by atoms with Crippen molar-refractivity contribution in [1.29, 1.82) is 0 Å². The predicted molar refractivity (Wildman–Crippen MR) is 99.5 cm³/mol. The molecule has 3 rings (SSSR count). The largest absolute Gasteiger partial charge is 0.339 e. The fraction of sp³-hybridized carbons (Fsp3) is 0.412. The van der Waals surface area contributed by atoms with Crippen LogP contribution >= 0.6 is 11.6 Å². The fourth-order valence-electron chi connectivity index (χ4n) is 3.03. The van der Waals surface area contributed by atoms with E-state index in [1.807, 2.05) is 6.92 Å². The summed E-state index contributed by atoms with van der Waals surface area (Å²) in [4.78, 5) is 16.6. The van der Waals surface area contributed by atoms with Crippen molar-refractivity contribution in [3.63, 3.8) is 0 Å². The van der Waals surface area contributed by atoms with Gasteiger partial charge in [-0.2, -0.15) is 4.31 Å². The van der Waals surface area contributed by atoms with Crippen LogP contribution in [0.5, 0.6) is 0 Å². The molecule has 7 nitrogen and oxygen atoms in total. The second kappa shape index (κ2) is 7.38. The quantitative estimate of drug-likeness (QED) is 0.860. The van der Waals surface area contributed by atoms with E-state index in [1.54, 1.807) is 29.8 Å². The van der Waals surface area contributed by atoms with E-state index in [9.17, 15) is 13.2 Å². The minimum atomic E-state index is -3.69. The van der Waals surface area contributed by atoms with E-state index in [0.29, 0.717) is 30.1 Å². The second-order valence-electron chi connectivity index (χ2n) is 6.53. The number of sulfonamides is 1. The lowest BCUT2D eigenvalue weighted by molar-refractivity contribution is -0.120. The molecule has 1 saturated heterocycles. The smallest absolute Gasteiger partial charge is 0.262 e. The maximum atomic E-state index is 12.7. The Kier molecular flexibility index (Phi) is 5.36. The molecular formula is C17H21ClN4O3S. The number of amides is 1. The van der Waals surface area contributed by atoms with Gasteiger partial charge in [0.25, 0.3) is 10.0 Å². The molecule has 0 aliphatic carbocycles. The number of piperidine rings is 1. The van der Waals surface area contributed by atoms with Crippen LogP contribution in [0.3, 0.4) is 0 Å². The van der Waals surface area contributed by atoms with Crippen LogP contribution in [0.15, 0.2) is 35.7 Å². The SMILES string of the molecule is Cc1cc(Cl)ccc1NC(=O)C1CCCN(S(=O)(=O)c2cn(C)cn2)C1. The zero-order valence-corrected chi connectivity index (χ0v) is 16.2. The van der Waals surface area contributed by atoms with Gasteiger partial charge in [-0.1, -0.05) is 11.6 Å². The molecule has 1 amide bonds. The van der Waals surface area contributed by atoms with E-state index in [1.165, 1.54) is 16.8 Å². The van der Waals surface area contributed by atoms with Crippen molar-refractivity contribution >= 4 is 33.2 Å². The Morgan fingerprint density at radius 1 is 1.38 bits per heavy atom. The highest BCUT2D eigenvalue weighted by atomic mass is 35.5. The average Bonchev–Trinajstić information content (AvgIpc) is 3.05. The number of anilines is 1. The van der Waals surface area contributed by atoms with Gasteiger partial charge in [0.15, 0.2) is 5.03 Å². The lowest BCUT2D eigenvalue weighted by Crippen LogP contribution is -2.43. The Labute approximate surface area is 158 Å². The van der Waals surface area contributed by atoms with E-state index < -0.39 is 15.9 Å². The molecule has 9 heteroatoms. The highest BCUT2D eigenvalue weighted by molar-refractivity contribution is 7.89. The van der Waals surface area contributed by atoms with Crippen LogP contribution in [0.4, 0.5) is 5.69 Å². The van der Waals surface area contributed by atoms with Gasteiger partial charge < -0.3 is 9.88 Å². The molecule has 1 fully saturated rings. The minimum absolute atomic E-state index is 0.00889. The van der Waals surface area contributed by atoms with Crippen molar-refractivity contribution in [2.24, 2.45) is 13.0 Å². The Morgan fingerprint density at radius 2 is 2.15 bits per heavy atom. The molecular weight excluding hydrogens is 376 g/mol. The van der Waals surface area contributed by atoms with Crippen molar-refractivity contribution in [3.8, 4) is 0 Å². The summed E-state index contributed by atoms with van der Waals surface area (Å²) in [5.41, 5.74) is 1.55. The first-order valence-electron chi connectivity index (χ1n) is 8.32. The summed E-state index contributed by atoms with van der Waals surface area (Å²) in [6, 6.07) is 5.24. The third-order valence-corrected chi connectivity index (χ3v) is 6.47. The van der Waals surface area contributed by atoms with Crippen molar-refractivity contribution in [2.75, 3.05) is 18.4 Å². The third kappa shape index (κ3) is 3.92. The van der Waals surface area contributed by atoms with Crippen LogP contribution in [-0.2, 0) is 21.9 Å². The molecule has 1 aromatic heterocycles. The average molecular weight is 397 g/mol. The molecule has 0 radical (unpaired) electrons. The summed E-state index contributed by atoms with van der Waals surface area (Å²) in [5, 5.41) is 3.50. The van der Waals surface area contributed by atoms with Gasteiger partial charge in [0.1, 0.15) is 0 Å². The molecule has 1 N–H and O–H groups in total. The lowest BCUT2D eigenvalue weighted by atomic mass is 9.98. The first kappa shape index (κ1) is 18.9. The number of imidazole rings is 1. The Balaban J connectivity index is 1.72. The number of halogens is 1. The van der Waals surface area contributed by atoms with E-state index in [0.717, 1.165) is 5.56 Å². The third-order valence-electron chi connectivity index (χ3n) is 4.49. The molecule has 0 saturated carbocycles. The number of carbonyl (C=O) groups excluding carboxylic acids is 1. The summed E-state index contributed by atoms with van der Waals surface area (Å²) >= 11 is 5.94. The zero-order valence-electron chi connectivity index (χ0n) is 14.6. The first-order chi connectivity index (χ1) is 12.3. The summed E-state index contributed by atoms with van der Waals surface area (Å²) in [6.07, 6.45) is 4.19. The number of aromatic nitrogens is 2. The first-order valence-corrected chi connectivity index (χ1v) is 10.1. The summed E-state index contributed by atoms with van der Waals surface area (Å²) < 4.78 is 28.4. The van der Waals surface area contributed by atoms with E-state index >= 15 is 0 Å².